The van der Waals surface area contributed by atoms with Crippen LogP contribution in [0, 0.1) is 5.92 Å². The van der Waals surface area contributed by atoms with Crippen LogP contribution in [0.4, 0.5) is 13.2 Å². The van der Waals surface area contributed by atoms with E-state index in [2.05, 4.69) is 10.1 Å². The fourth-order valence-electron chi connectivity index (χ4n) is 1.55. The van der Waals surface area contributed by atoms with Crippen LogP contribution in [0.25, 0.3) is 0 Å². The van der Waals surface area contributed by atoms with Crippen molar-refractivity contribution >= 4 is 5.97 Å². The van der Waals surface area contributed by atoms with Crippen LogP contribution in [0.1, 0.15) is 13.3 Å². The van der Waals surface area contributed by atoms with Crippen molar-refractivity contribution in [2.45, 2.75) is 25.6 Å². The Morgan fingerprint density at radius 1 is 1.57 bits per heavy atom. The maximum atomic E-state index is 12.3. The molecule has 3 nitrogen and oxygen atoms in total. The van der Waals surface area contributed by atoms with E-state index in [0.717, 1.165) is 0 Å². The molecule has 1 saturated heterocycles. The Hall–Kier alpha value is -0.780. The second kappa shape index (κ2) is 4.16. The quantitative estimate of drug-likeness (QED) is 0.695. The number of carbonyl (C=O) groups excluding carboxylic acids is 1. The zero-order valence-corrected chi connectivity index (χ0v) is 7.73. The minimum absolute atomic E-state index is 0.111. The minimum atomic E-state index is -4.38. The molecule has 2 atom stereocenters. The Bertz CT molecular complexity index is 217. The maximum Gasteiger partial charge on any atom is 0.404 e. The molecular weight excluding hydrogens is 199 g/mol. The van der Waals surface area contributed by atoms with Crippen LogP contribution in [0.5, 0.6) is 0 Å². The second-order valence-corrected chi connectivity index (χ2v) is 3.12. The lowest BCUT2D eigenvalue weighted by Gasteiger charge is -2.20. The molecule has 14 heavy (non-hydrogen) atoms. The zero-order chi connectivity index (χ0) is 10.8. The molecule has 1 rings (SSSR count). The van der Waals surface area contributed by atoms with Crippen molar-refractivity contribution in [3.8, 4) is 0 Å². The number of hydrogen-bond acceptors (Lipinski definition) is 3. The van der Waals surface area contributed by atoms with Crippen molar-refractivity contribution in [3.63, 3.8) is 0 Å². The summed E-state index contributed by atoms with van der Waals surface area (Å²) in [4.78, 5) is 11.1. The average molecular weight is 211 g/mol. The molecule has 1 aliphatic rings. The van der Waals surface area contributed by atoms with Gasteiger partial charge in [0.2, 0.25) is 0 Å². The molecule has 0 radical (unpaired) electrons. The summed E-state index contributed by atoms with van der Waals surface area (Å²) >= 11 is 0. The molecule has 0 bridgehead atoms. The van der Waals surface area contributed by atoms with Gasteiger partial charge in [-0.2, -0.15) is 13.2 Å². The molecule has 0 aliphatic carbocycles. The Labute approximate surface area is 79.6 Å². The van der Waals surface area contributed by atoms with Crippen LogP contribution in [0.3, 0.4) is 0 Å². The van der Waals surface area contributed by atoms with Gasteiger partial charge in [-0.15, -0.1) is 0 Å². The summed E-state index contributed by atoms with van der Waals surface area (Å²) in [5.41, 5.74) is 0. The molecular formula is C8H12F3NO2. The van der Waals surface area contributed by atoms with Gasteiger partial charge in [0.15, 0.2) is 0 Å². The van der Waals surface area contributed by atoms with Gasteiger partial charge in [0.25, 0.3) is 0 Å². The van der Waals surface area contributed by atoms with Crippen LogP contribution in [-0.2, 0) is 9.53 Å². The summed E-state index contributed by atoms with van der Waals surface area (Å²) in [6.07, 6.45) is -4.20. The molecule has 0 aromatic carbocycles. The molecule has 0 aromatic rings. The van der Waals surface area contributed by atoms with Gasteiger partial charge in [-0.1, -0.05) is 0 Å². The first-order valence-electron chi connectivity index (χ1n) is 4.43. The summed E-state index contributed by atoms with van der Waals surface area (Å²) in [7, 11) is 0. The molecule has 1 fully saturated rings. The standard InChI is InChI=1S/C8H12F3NO2/c1-2-14-7(13)5-3-4-12-6(5)8(9,10)11/h5-6,12H,2-4H2,1H3. The normalized spacial score (nSPS) is 27.7. The monoisotopic (exact) mass is 211 g/mol. The van der Waals surface area contributed by atoms with E-state index in [0.29, 0.717) is 0 Å². The van der Waals surface area contributed by atoms with Gasteiger partial charge in [-0.05, 0) is 19.9 Å². The molecule has 2 unspecified atom stereocenters. The highest BCUT2D eigenvalue weighted by Gasteiger charge is 2.50. The number of hydrogen-bond donors (Lipinski definition) is 1. The number of esters is 1. The summed E-state index contributed by atoms with van der Waals surface area (Å²) in [5.74, 6) is -1.85. The van der Waals surface area contributed by atoms with E-state index < -0.39 is 24.1 Å². The van der Waals surface area contributed by atoms with Gasteiger partial charge in [-0.3, -0.25) is 4.79 Å². The van der Waals surface area contributed by atoms with Crippen molar-refractivity contribution in [3.05, 3.63) is 0 Å². The molecule has 0 amide bonds. The molecule has 0 spiro atoms. The van der Waals surface area contributed by atoms with E-state index in [9.17, 15) is 18.0 Å². The van der Waals surface area contributed by atoms with Gasteiger partial charge >= 0.3 is 12.1 Å². The van der Waals surface area contributed by atoms with Gasteiger partial charge in [0.05, 0.1) is 12.5 Å². The fourth-order valence-corrected chi connectivity index (χ4v) is 1.55. The third-order valence-electron chi connectivity index (χ3n) is 2.16. The number of rotatable bonds is 2. The van der Waals surface area contributed by atoms with Crippen LogP contribution in [0.2, 0.25) is 0 Å². The molecule has 1 N–H and O–H groups in total. The van der Waals surface area contributed by atoms with E-state index in [1.807, 2.05) is 0 Å². The highest BCUT2D eigenvalue weighted by atomic mass is 19.4. The Kier molecular flexibility index (Phi) is 3.36. The second-order valence-electron chi connectivity index (χ2n) is 3.12. The largest absolute Gasteiger partial charge is 0.466 e. The van der Waals surface area contributed by atoms with Gasteiger partial charge < -0.3 is 10.1 Å². The molecule has 6 heteroatoms. The number of nitrogens with one attached hydrogen (secondary N) is 1. The number of halogens is 3. The summed E-state index contributed by atoms with van der Waals surface area (Å²) in [6.45, 7) is 1.89. The van der Waals surface area contributed by atoms with Crippen molar-refractivity contribution in [1.82, 2.24) is 5.32 Å². The summed E-state index contributed by atoms with van der Waals surface area (Å²) in [6, 6.07) is -1.75. The van der Waals surface area contributed by atoms with Gasteiger partial charge in [0.1, 0.15) is 6.04 Å². The third kappa shape index (κ3) is 2.37. The van der Waals surface area contributed by atoms with Gasteiger partial charge in [0, 0.05) is 0 Å². The average Bonchev–Trinajstić information content (AvgIpc) is 2.50. The van der Waals surface area contributed by atoms with E-state index >= 15 is 0 Å². The SMILES string of the molecule is CCOC(=O)C1CCNC1C(F)(F)F. The zero-order valence-electron chi connectivity index (χ0n) is 7.73. The summed E-state index contributed by atoms with van der Waals surface area (Å²) in [5, 5.41) is 2.26. The smallest absolute Gasteiger partial charge is 0.404 e. The third-order valence-corrected chi connectivity index (χ3v) is 2.16. The molecule has 0 aromatic heterocycles. The molecule has 82 valence electrons. The van der Waals surface area contributed by atoms with Crippen molar-refractivity contribution < 1.29 is 22.7 Å². The van der Waals surface area contributed by atoms with Crippen LogP contribution in [0.15, 0.2) is 0 Å². The molecule has 0 saturated carbocycles. The van der Waals surface area contributed by atoms with Crippen molar-refractivity contribution in [1.29, 1.82) is 0 Å². The minimum Gasteiger partial charge on any atom is -0.466 e. The topological polar surface area (TPSA) is 38.3 Å². The first kappa shape index (κ1) is 11.3. The van der Waals surface area contributed by atoms with E-state index in [1.54, 1.807) is 6.92 Å². The number of ether oxygens (including phenoxy) is 1. The highest BCUT2D eigenvalue weighted by molar-refractivity contribution is 5.73. The lowest BCUT2D eigenvalue weighted by atomic mass is 10.0. The van der Waals surface area contributed by atoms with Crippen LogP contribution >= 0.6 is 0 Å². The van der Waals surface area contributed by atoms with Crippen LogP contribution in [-0.4, -0.2) is 31.3 Å². The van der Waals surface area contributed by atoms with Crippen molar-refractivity contribution in [2.24, 2.45) is 5.92 Å². The van der Waals surface area contributed by atoms with Crippen molar-refractivity contribution in [2.75, 3.05) is 13.2 Å². The first-order valence-corrected chi connectivity index (χ1v) is 4.43. The van der Waals surface area contributed by atoms with Crippen LogP contribution < -0.4 is 5.32 Å². The number of carbonyl (C=O) groups is 1. The fraction of sp³-hybridized carbons (Fsp3) is 0.875. The lowest BCUT2D eigenvalue weighted by Crippen LogP contribution is -2.44. The van der Waals surface area contributed by atoms with Gasteiger partial charge in [-0.25, -0.2) is 0 Å². The predicted molar refractivity (Wildman–Crippen MR) is 42.6 cm³/mol. The molecule has 1 aliphatic heterocycles. The molecule has 1 heterocycles. The summed E-state index contributed by atoms with van der Waals surface area (Å²) < 4.78 is 41.6. The maximum absolute atomic E-state index is 12.3. The van der Waals surface area contributed by atoms with E-state index in [4.69, 9.17) is 0 Å². The Morgan fingerprint density at radius 2 is 2.21 bits per heavy atom. The highest BCUT2D eigenvalue weighted by Crippen LogP contribution is 2.31. The van der Waals surface area contributed by atoms with E-state index in [1.165, 1.54) is 0 Å². The Morgan fingerprint density at radius 3 is 2.71 bits per heavy atom. The number of alkyl halides is 3. The van der Waals surface area contributed by atoms with E-state index in [-0.39, 0.29) is 19.6 Å². The lowest BCUT2D eigenvalue weighted by molar-refractivity contribution is -0.175. The predicted octanol–water partition coefficient (Wildman–Crippen LogP) is 1.09. The first-order chi connectivity index (χ1) is 6.46. The Balaban J connectivity index is 2.64.